The molecule has 828 valence electrons. The van der Waals surface area contributed by atoms with Crippen molar-refractivity contribution in [2.24, 2.45) is 0 Å². The smallest absolute Gasteiger partial charge is 0.343 e. The van der Waals surface area contributed by atoms with Crippen molar-refractivity contribution in [2.75, 3.05) is 0 Å². The second-order valence-electron chi connectivity index (χ2n) is 42.0. The molecule has 0 atom stereocenters. The molecule has 0 amide bonds. The number of hydrogen-bond acceptors (Lipinski definition) is 18. The molecule has 6 aromatic carbocycles. The second-order valence-corrected chi connectivity index (χ2v) is 42.0. The van der Waals surface area contributed by atoms with E-state index < -0.39 is 33.8 Å². The van der Waals surface area contributed by atoms with Crippen LogP contribution in [0.2, 0.25) is 0 Å². The molecule has 0 fully saturated rings. The summed E-state index contributed by atoms with van der Waals surface area (Å²) in [6.07, 6.45) is 87.7. The van der Waals surface area contributed by atoms with Crippen molar-refractivity contribution in [1.82, 2.24) is 0 Å². The number of unbranched alkanes of at least 4 members (excludes halogenated alkanes) is 60. The van der Waals surface area contributed by atoms with Crippen molar-refractivity contribution in [3.8, 4) is 34.5 Å². The molecule has 6 N–H and O–H groups in total. The molecule has 0 saturated heterocycles. The fraction of sp³-hybridized carbons (Fsp3) is 0.591. The van der Waals surface area contributed by atoms with Crippen LogP contribution in [0.5, 0.6) is 34.5 Å². The van der Waals surface area contributed by atoms with Gasteiger partial charge in [0.15, 0.2) is 0 Å². The Morgan fingerprint density at radius 1 is 0.140 bits per heavy atom. The molecule has 0 aliphatic heterocycles. The Bertz CT molecular complexity index is 6000. The van der Waals surface area contributed by atoms with E-state index in [9.17, 15) is 59.4 Å². The van der Waals surface area contributed by atoms with Crippen LogP contribution >= 0.6 is 0 Å². The van der Waals surface area contributed by atoms with Gasteiger partial charge < -0.3 is 57.1 Å². The quantitative estimate of drug-likeness (QED) is 0.0152. The lowest BCUT2D eigenvalue weighted by Gasteiger charge is -2.06. The van der Waals surface area contributed by atoms with E-state index in [2.05, 4.69) is 41.5 Å². The highest BCUT2D eigenvalue weighted by molar-refractivity contribution is 5.88. The molecule has 12 rings (SSSR count). The molecule has 6 aromatic heterocycles. The normalized spacial score (nSPS) is 11.2. The monoisotopic (exact) mass is 2070 g/mol. The molecule has 6 heterocycles. The number of para-hydroxylation sites is 6. The topological polar surface area (TPSA) is 303 Å². The van der Waals surface area contributed by atoms with Crippen molar-refractivity contribution < 1.29 is 57.1 Å². The van der Waals surface area contributed by atoms with Gasteiger partial charge in [0, 0.05) is 0 Å². The number of aromatic hydroxyl groups is 6. The fourth-order valence-electron chi connectivity index (χ4n) is 20.2. The van der Waals surface area contributed by atoms with Crippen LogP contribution in [0.3, 0.4) is 0 Å². The standard InChI is InChI=1S/C27H42O3.C25H38O3.C23H34O3.C21H30O3.C19H26O3.C17H22O3/c1-2-3-4-5-6-7-8-9-10-11-12-13-14-15-16-17-21-24-26(28)23-20-18-19-22-25(23)30-27(24)29;1-2-3-4-5-6-7-8-9-10-11-12-13-14-15-19-22-24(26)21-18-16-17-20-23(21)28-25(22)27;1-2-3-4-5-6-7-8-9-10-11-12-13-17-20-22(24)19-16-14-15-18-21(19)26-23(20)25;1-2-3-4-5-6-7-8-9-10-11-15-18-20(22)17-14-12-13-16-19(17)24-21(18)23;1-2-3-4-5-6-7-8-9-13-16-18(20)15-12-10-11-14-17(15)22-19(16)21;1-2-3-4-5-6-7-11-14-16(18)13-10-8-9-12-15(13)20-17(14)19/h18-20,22,28H,2-17,21H2,1H3;16-18,20,26H,2-15,19H2,1H3;14-16,18,24H,2-13,17H2,1H3;12-14,16,22H,2-11,15H2,1H3;10-12,14,20H,2-9,13H2,1H3;8-10,12,18H,2-7,11H2,1H3. The first-order valence-corrected chi connectivity index (χ1v) is 59.8. The first-order valence-electron chi connectivity index (χ1n) is 59.8. The Morgan fingerprint density at radius 3 is 0.340 bits per heavy atom. The van der Waals surface area contributed by atoms with Gasteiger partial charge in [-0.15, -0.1) is 0 Å². The van der Waals surface area contributed by atoms with Crippen molar-refractivity contribution in [3.05, 3.63) is 241 Å². The summed E-state index contributed by atoms with van der Waals surface area (Å²) in [5, 5.41) is 65.7. The van der Waals surface area contributed by atoms with Crippen LogP contribution in [-0.4, -0.2) is 30.6 Å². The third-order valence-corrected chi connectivity index (χ3v) is 29.4. The van der Waals surface area contributed by atoms with Crippen LogP contribution < -0.4 is 33.8 Å². The van der Waals surface area contributed by atoms with Crippen LogP contribution in [0, 0.1) is 0 Å². The maximum Gasteiger partial charge on any atom is 0.343 e. The summed E-state index contributed by atoms with van der Waals surface area (Å²) in [5.74, 6) is 0.572. The molecule has 150 heavy (non-hydrogen) atoms. The molecule has 0 bridgehead atoms. The van der Waals surface area contributed by atoms with Gasteiger partial charge in [-0.05, 0) is 150 Å². The van der Waals surface area contributed by atoms with Gasteiger partial charge in [-0.1, -0.05) is 500 Å². The summed E-state index contributed by atoms with van der Waals surface area (Å²) in [7, 11) is 0. The van der Waals surface area contributed by atoms with Crippen molar-refractivity contribution in [1.29, 1.82) is 0 Å². The number of rotatable bonds is 72. The average Bonchev–Trinajstić information content (AvgIpc) is 0.825. The van der Waals surface area contributed by atoms with Crippen LogP contribution in [0.4, 0.5) is 0 Å². The molecule has 0 spiro atoms. The van der Waals surface area contributed by atoms with Crippen LogP contribution in [0.15, 0.2) is 201 Å². The zero-order chi connectivity index (χ0) is 107. The van der Waals surface area contributed by atoms with E-state index in [1.165, 1.54) is 347 Å². The van der Waals surface area contributed by atoms with Gasteiger partial charge >= 0.3 is 33.8 Å². The molecule has 12 aromatic rings. The number of fused-ring (bicyclic) bond motifs is 6. The maximum atomic E-state index is 12.1. The summed E-state index contributed by atoms with van der Waals surface area (Å²) >= 11 is 0. The van der Waals surface area contributed by atoms with Crippen LogP contribution in [0.1, 0.15) is 499 Å². The molecule has 18 nitrogen and oxygen atoms in total. The van der Waals surface area contributed by atoms with Gasteiger partial charge in [0.1, 0.15) is 68.0 Å². The Labute approximate surface area is 897 Å². The van der Waals surface area contributed by atoms with E-state index in [1.807, 2.05) is 36.4 Å². The van der Waals surface area contributed by atoms with E-state index in [1.54, 1.807) is 109 Å². The third-order valence-electron chi connectivity index (χ3n) is 29.4. The molecule has 0 aliphatic rings. The largest absolute Gasteiger partial charge is 0.507 e. The van der Waals surface area contributed by atoms with E-state index in [0.717, 1.165) is 77.0 Å². The molecule has 0 saturated carbocycles. The van der Waals surface area contributed by atoms with E-state index in [-0.39, 0.29) is 34.5 Å². The minimum absolute atomic E-state index is 0.0883. The Morgan fingerprint density at radius 2 is 0.233 bits per heavy atom. The van der Waals surface area contributed by atoms with Gasteiger partial charge in [-0.2, -0.15) is 0 Å². The first kappa shape index (κ1) is 126. The zero-order valence-corrected chi connectivity index (χ0v) is 93.4. The highest BCUT2D eigenvalue weighted by atomic mass is 16.4. The Hall–Kier alpha value is -10.6. The Kier molecular flexibility index (Phi) is 66.8. The second kappa shape index (κ2) is 79.4. The summed E-state index contributed by atoms with van der Waals surface area (Å²) in [6, 6.07) is 42.8. The van der Waals surface area contributed by atoms with E-state index in [0.29, 0.717) is 138 Å². The summed E-state index contributed by atoms with van der Waals surface area (Å²) < 4.78 is 31.8. The van der Waals surface area contributed by atoms with Crippen LogP contribution in [-0.2, 0) is 38.5 Å². The average molecular weight is 2070 g/mol. The minimum Gasteiger partial charge on any atom is -0.507 e. The fourth-order valence-corrected chi connectivity index (χ4v) is 20.2. The molecular formula is C132H192O18. The molecule has 0 radical (unpaired) electrons. The van der Waals surface area contributed by atoms with Gasteiger partial charge in [0.2, 0.25) is 0 Å². The number of hydrogen-bond donors (Lipinski definition) is 6. The maximum absolute atomic E-state index is 12.1. The van der Waals surface area contributed by atoms with Crippen molar-refractivity contribution in [2.45, 2.75) is 504 Å². The molecule has 0 aliphatic carbocycles. The van der Waals surface area contributed by atoms with E-state index in [4.69, 9.17) is 26.5 Å². The van der Waals surface area contributed by atoms with Crippen molar-refractivity contribution >= 4 is 65.8 Å². The lowest BCUT2D eigenvalue weighted by Crippen LogP contribution is -2.07. The predicted molar refractivity (Wildman–Crippen MR) is 626 cm³/mol. The molecule has 18 heteroatoms. The van der Waals surface area contributed by atoms with E-state index >= 15 is 0 Å². The molecule has 0 unspecified atom stereocenters. The summed E-state index contributed by atoms with van der Waals surface area (Å²) in [5.41, 5.74) is 2.85. The zero-order valence-electron chi connectivity index (χ0n) is 93.4. The third kappa shape index (κ3) is 48.6. The predicted octanol–water partition coefficient (Wildman–Crippen LogP) is 38.1. The summed E-state index contributed by atoms with van der Waals surface area (Å²) in [4.78, 5) is 72.1. The van der Waals surface area contributed by atoms with Crippen LogP contribution in [0.25, 0.3) is 65.8 Å². The van der Waals surface area contributed by atoms with Gasteiger partial charge in [-0.25, -0.2) is 28.8 Å². The minimum atomic E-state index is -0.408. The SMILES string of the molecule is CCCCCCCCCCCCCCCCCCc1c(O)c2ccccc2oc1=O.CCCCCCCCCCCCCCCCc1c(O)c2ccccc2oc1=O.CCCCCCCCCCCCCCc1c(O)c2ccccc2oc1=O.CCCCCCCCCCCCc1c(O)c2ccccc2oc1=O.CCCCCCCCCCc1c(O)c2ccccc2oc1=O.CCCCCCCCc1c(O)c2ccccc2oc1=O. The van der Waals surface area contributed by atoms with Gasteiger partial charge in [0.05, 0.1) is 65.7 Å². The van der Waals surface area contributed by atoms with Gasteiger partial charge in [0.25, 0.3) is 0 Å². The molecular weight excluding hydrogens is 1870 g/mol. The van der Waals surface area contributed by atoms with Gasteiger partial charge in [-0.3, -0.25) is 0 Å². The lowest BCUT2D eigenvalue weighted by atomic mass is 10.0. The number of benzene rings is 6. The van der Waals surface area contributed by atoms with Crippen molar-refractivity contribution in [3.63, 3.8) is 0 Å². The lowest BCUT2D eigenvalue weighted by molar-refractivity contribution is 0.452. The summed E-state index contributed by atoms with van der Waals surface area (Å²) in [6.45, 7) is 13.5. The highest BCUT2D eigenvalue weighted by Crippen LogP contribution is 2.35. The highest BCUT2D eigenvalue weighted by Gasteiger charge is 2.21. The Balaban J connectivity index is 0.000000244. The first-order chi connectivity index (χ1) is 73.4.